The Bertz CT molecular complexity index is 749. The Morgan fingerprint density at radius 3 is 2.60 bits per heavy atom. The van der Waals surface area contributed by atoms with Crippen molar-refractivity contribution in [2.24, 2.45) is 5.73 Å². The Hall–Kier alpha value is -2.95. The van der Waals surface area contributed by atoms with Crippen LogP contribution in [0.1, 0.15) is 10.4 Å². The van der Waals surface area contributed by atoms with Gasteiger partial charge in [-0.05, 0) is 18.2 Å². The van der Waals surface area contributed by atoms with Gasteiger partial charge in [0.2, 0.25) is 0 Å². The average Bonchev–Trinajstić information content (AvgIpc) is 2.98. The molecule has 2 heterocycles. The lowest BCUT2D eigenvalue weighted by Crippen LogP contribution is -2.15. The lowest BCUT2D eigenvalue weighted by atomic mass is 10.2. The van der Waals surface area contributed by atoms with Gasteiger partial charge >= 0.3 is 0 Å². The van der Waals surface area contributed by atoms with E-state index < -0.39 is 5.91 Å². The zero-order valence-electron chi connectivity index (χ0n) is 10.6. The molecular formula is C15H12N4O. The second-order valence-corrected chi connectivity index (χ2v) is 4.25. The molecule has 0 unspecified atom stereocenters. The second kappa shape index (κ2) is 4.97. The van der Waals surface area contributed by atoms with Gasteiger partial charge in [-0.2, -0.15) is 5.10 Å². The van der Waals surface area contributed by atoms with Crippen LogP contribution in [-0.4, -0.2) is 20.7 Å². The first-order valence-corrected chi connectivity index (χ1v) is 6.12. The van der Waals surface area contributed by atoms with Crippen LogP contribution in [-0.2, 0) is 0 Å². The second-order valence-electron chi connectivity index (χ2n) is 4.25. The van der Waals surface area contributed by atoms with Crippen LogP contribution in [0.5, 0.6) is 0 Å². The number of amides is 1. The predicted molar refractivity (Wildman–Crippen MR) is 75.3 cm³/mol. The fourth-order valence-electron chi connectivity index (χ4n) is 1.98. The molecule has 2 aromatic heterocycles. The molecule has 0 bridgehead atoms. The molecule has 5 nitrogen and oxygen atoms in total. The Balaban J connectivity index is 2.05. The number of nitrogens with two attached hydrogens (primary N) is 1. The molecular weight excluding hydrogens is 252 g/mol. The van der Waals surface area contributed by atoms with Crippen molar-refractivity contribution < 1.29 is 4.79 Å². The number of benzene rings is 1. The van der Waals surface area contributed by atoms with Crippen molar-refractivity contribution in [3.8, 4) is 17.1 Å². The number of pyridine rings is 1. The third-order valence-electron chi connectivity index (χ3n) is 2.93. The Labute approximate surface area is 115 Å². The molecule has 5 heteroatoms. The number of primary amides is 1. The summed E-state index contributed by atoms with van der Waals surface area (Å²) in [4.78, 5) is 15.6. The van der Waals surface area contributed by atoms with Crippen molar-refractivity contribution in [2.45, 2.75) is 0 Å². The van der Waals surface area contributed by atoms with E-state index >= 15 is 0 Å². The number of carbonyl (C=O) groups excluding carboxylic acids is 1. The summed E-state index contributed by atoms with van der Waals surface area (Å²) < 4.78 is 1.56. The molecule has 1 amide bonds. The molecule has 2 N–H and O–H groups in total. The minimum Gasteiger partial charge on any atom is -0.365 e. The lowest BCUT2D eigenvalue weighted by Gasteiger charge is -2.04. The normalized spacial score (nSPS) is 10.4. The number of aromatic nitrogens is 3. The van der Waals surface area contributed by atoms with E-state index in [1.54, 1.807) is 29.2 Å². The van der Waals surface area contributed by atoms with E-state index in [9.17, 15) is 4.79 Å². The van der Waals surface area contributed by atoms with Gasteiger partial charge in [-0.15, -0.1) is 0 Å². The molecule has 3 rings (SSSR count). The van der Waals surface area contributed by atoms with Crippen molar-refractivity contribution in [1.29, 1.82) is 0 Å². The predicted octanol–water partition coefficient (Wildman–Crippen LogP) is 2.03. The summed E-state index contributed by atoms with van der Waals surface area (Å²) >= 11 is 0. The first kappa shape index (κ1) is 12.1. The highest BCUT2D eigenvalue weighted by molar-refractivity contribution is 5.95. The van der Waals surface area contributed by atoms with Crippen LogP contribution in [0.2, 0.25) is 0 Å². The molecule has 0 saturated carbocycles. The fraction of sp³-hybridized carbons (Fsp3) is 0. The zero-order valence-corrected chi connectivity index (χ0v) is 10.6. The molecule has 0 radical (unpaired) electrons. The molecule has 0 spiro atoms. The van der Waals surface area contributed by atoms with Crippen molar-refractivity contribution in [3.05, 3.63) is 66.5 Å². The number of hydrogen-bond acceptors (Lipinski definition) is 3. The largest absolute Gasteiger partial charge is 0.365 e. The average molecular weight is 264 g/mol. The van der Waals surface area contributed by atoms with E-state index in [0.29, 0.717) is 11.4 Å². The lowest BCUT2D eigenvalue weighted by molar-refractivity contribution is 0.1000. The first-order valence-electron chi connectivity index (χ1n) is 6.12. The van der Waals surface area contributed by atoms with Gasteiger partial charge < -0.3 is 5.73 Å². The third kappa shape index (κ3) is 2.16. The standard InChI is InChI=1S/C15H12N4O/c16-14(20)12-7-4-9-17-15(12)19-10-8-13(18-19)11-5-2-1-3-6-11/h1-10H,(H2,16,20). The highest BCUT2D eigenvalue weighted by atomic mass is 16.1. The van der Waals surface area contributed by atoms with Gasteiger partial charge in [-0.3, -0.25) is 4.79 Å². The minimum atomic E-state index is -0.523. The number of rotatable bonds is 3. The summed E-state index contributed by atoms with van der Waals surface area (Å²) in [6, 6.07) is 15.0. The monoisotopic (exact) mass is 264 g/mol. The first-order chi connectivity index (χ1) is 9.75. The summed E-state index contributed by atoms with van der Waals surface area (Å²) in [5.74, 6) is -0.0907. The van der Waals surface area contributed by atoms with Gasteiger partial charge in [0.05, 0.1) is 11.3 Å². The van der Waals surface area contributed by atoms with Gasteiger partial charge in [-0.1, -0.05) is 30.3 Å². The van der Waals surface area contributed by atoms with Crippen LogP contribution in [0.4, 0.5) is 0 Å². The fourth-order valence-corrected chi connectivity index (χ4v) is 1.98. The zero-order chi connectivity index (χ0) is 13.9. The summed E-state index contributed by atoms with van der Waals surface area (Å²) in [6.07, 6.45) is 3.36. The van der Waals surface area contributed by atoms with Crippen molar-refractivity contribution >= 4 is 5.91 Å². The summed E-state index contributed by atoms with van der Waals surface area (Å²) in [7, 11) is 0. The number of hydrogen-bond donors (Lipinski definition) is 1. The summed E-state index contributed by atoms with van der Waals surface area (Å²) in [5, 5.41) is 4.44. The molecule has 98 valence electrons. The van der Waals surface area contributed by atoms with Crippen LogP contribution >= 0.6 is 0 Å². The summed E-state index contributed by atoms with van der Waals surface area (Å²) in [5.41, 5.74) is 7.51. The smallest absolute Gasteiger partial charge is 0.252 e. The maximum absolute atomic E-state index is 11.4. The minimum absolute atomic E-state index is 0.343. The molecule has 0 fully saturated rings. The quantitative estimate of drug-likeness (QED) is 0.786. The number of nitrogens with zero attached hydrogens (tertiary/aromatic N) is 3. The molecule has 3 aromatic rings. The van der Waals surface area contributed by atoms with Crippen molar-refractivity contribution in [3.63, 3.8) is 0 Å². The molecule has 20 heavy (non-hydrogen) atoms. The van der Waals surface area contributed by atoms with Crippen molar-refractivity contribution in [1.82, 2.24) is 14.8 Å². The molecule has 0 aliphatic rings. The maximum atomic E-state index is 11.4. The van der Waals surface area contributed by atoms with Gasteiger partial charge in [-0.25, -0.2) is 9.67 Å². The van der Waals surface area contributed by atoms with E-state index in [2.05, 4.69) is 10.1 Å². The maximum Gasteiger partial charge on any atom is 0.252 e. The van der Waals surface area contributed by atoms with Crippen molar-refractivity contribution in [2.75, 3.05) is 0 Å². The Kier molecular flexibility index (Phi) is 3.01. The highest BCUT2D eigenvalue weighted by Gasteiger charge is 2.12. The van der Waals surface area contributed by atoms with Crippen LogP contribution in [0.25, 0.3) is 17.1 Å². The van der Waals surface area contributed by atoms with E-state index in [0.717, 1.165) is 11.3 Å². The van der Waals surface area contributed by atoms with Gasteiger partial charge in [0.15, 0.2) is 5.82 Å². The SMILES string of the molecule is NC(=O)c1cccnc1-n1ccc(-c2ccccc2)n1. The topological polar surface area (TPSA) is 73.8 Å². The molecule has 1 aromatic carbocycles. The Morgan fingerprint density at radius 1 is 1.05 bits per heavy atom. The van der Waals surface area contributed by atoms with Crippen LogP contribution in [0, 0.1) is 0 Å². The van der Waals surface area contributed by atoms with Gasteiger partial charge in [0, 0.05) is 18.0 Å². The van der Waals surface area contributed by atoms with E-state index in [1.165, 1.54) is 0 Å². The van der Waals surface area contributed by atoms with Crippen LogP contribution in [0.15, 0.2) is 60.9 Å². The molecule has 0 saturated heterocycles. The Morgan fingerprint density at radius 2 is 1.85 bits per heavy atom. The molecule has 0 atom stereocenters. The number of carbonyl (C=O) groups is 1. The highest BCUT2D eigenvalue weighted by Crippen LogP contribution is 2.18. The third-order valence-corrected chi connectivity index (χ3v) is 2.93. The van der Waals surface area contributed by atoms with Gasteiger partial charge in [0.1, 0.15) is 0 Å². The molecule has 0 aliphatic carbocycles. The van der Waals surface area contributed by atoms with E-state index in [1.807, 2.05) is 36.4 Å². The van der Waals surface area contributed by atoms with Gasteiger partial charge in [0.25, 0.3) is 5.91 Å². The van der Waals surface area contributed by atoms with Crippen LogP contribution < -0.4 is 5.73 Å². The molecule has 0 aliphatic heterocycles. The van der Waals surface area contributed by atoms with E-state index in [-0.39, 0.29) is 0 Å². The summed E-state index contributed by atoms with van der Waals surface area (Å²) in [6.45, 7) is 0. The van der Waals surface area contributed by atoms with Crippen LogP contribution in [0.3, 0.4) is 0 Å². The van der Waals surface area contributed by atoms with E-state index in [4.69, 9.17) is 5.73 Å².